The number of nitro groups is 1. The maximum absolute atomic E-state index is 12.6. The summed E-state index contributed by atoms with van der Waals surface area (Å²) in [6.07, 6.45) is 2.46. The predicted molar refractivity (Wildman–Crippen MR) is 116 cm³/mol. The Hall–Kier alpha value is -2.97. The number of nitrogens with one attached hydrogen (secondary N) is 2. The van der Waals surface area contributed by atoms with Crippen LogP contribution in [0.2, 0.25) is 0 Å². The molecule has 1 fully saturated rings. The largest absolute Gasteiger partial charge is 0.383 e. The van der Waals surface area contributed by atoms with Crippen LogP contribution in [-0.2, 0) is 17.8 Å². The molecule has 0 saturated carbocycles. The number of carbonyl (C=O) groups excluding carboxylic acids is 1. The number of nitro benzene ring substituents is 1. The molecule has 0 bridgehead atoms. The van der Waals surface area contributed by atoms with E-state index in [1.54, 1.807) is 19.2 Å². The number of benzene rings is 2. The van der Waals surface area contributed by atoms with Gasteiger partial charge in [-0.3, -0.25) is 19.8 Å². The van der Waals surface area contributed by atoms with Gasteiger partial charge in [-0.1, -0.05) is 24.3 Å². The molecule has 30 heavy (non-hydrogen) atoms. The summed E-state index contributed by atoms with van der Waals surface area (Å²) in [5.74, 6) is -0.336. The van der Waals surface area contributed by atoms with E-state index in [-0.39, 0.29) is 17.2 Å². The maximum atomic E-state index is 12.6. The minimum Gasteiger partial charge on any atom is -0.383 e. The molecule has 2 aromatic carbocycles. The van der Waals surface area contributed by atoms with Gasteiger partial charge in [0.1, 0.15) is 5.69 Å². The average molecular weight is 412 g/mol. The zero-order valence-corrected chi connectivity index (χ0v) is 17.2. The van der Waals surface area contributed by atoms with Crippen LogP contribution >= 0.6 is 0 Å². The maximum Gasteiger partial charge on any atom is 0.293 e. The molecule has 2 N–H and O–H groups in total. The number of carbonyl (C=O) groups is 1. The predicted octanol–water partition coefficient (Wildman–Crippen LogP) is 3.18. The average Bonchev–Trinajstić information content (AvgIpc) is 3.26. The molecule has 0 unspecified atom stereocenters. The van der Waals surface area contributed by atoms with Gasteiger partial charge in [-0.15, -0.1) is 0 Å². The topological polar surface area (TPSA) is 96.7 Å². The molecule has 8 nitrogen and oxygen atoms in total. The lowest BCUT2D eigenvalue weighted by Gasteiger charge is -2.17. The van der Waals surface area contributed by atoms with Crippen molar-refractivity contribution in [2.24, 2.45) is 0 Å². The number of nitrogens with zero attached hydrogens (tertiary/aromatic N) is 2. The first-order valence-electron chi connectivity index (χ1n) is 10.2. The van der Waals surface area contributed by atoms with Gasteiger partial charge in [-0.2, -0.15) is 0 Å². The number of amides is 1. The molecule has 1 aliphatic rings. The second kappa shape index (κ2) is 10.7. The number of hydrogen-bond acceptors (Lipinski definition) is 6. The van der Waals surface area contributed by atoms with Crippen molar-refractivity contribution in [1.29, 1.82) is 0 Å². The summed E-state index contributed by atoms with van der Waals surface area (Å²) >= 11 is 0. The molecule has 1 saturated heterocycles. The second-order valence-electron chi connectivity index (χ2n) is 7.34. The van der Waals surface area contributed by atoms with Gasteiger partial charge in [0.15, 0.2) is 0 Å². The van der Waals surface area contributed by atoms with Gasteiger partial charge < -0.3 is 15.4 Å². The minimum absolute atomic E-state index is 0.131. The van der Waals surface area contributed by atoms with Gasteiger partial charge in [0.05, 0.1) is 11.5 Å². The Morgan fingerprint density at radius 1 is 1.17 bits per heavy atom. The molecule has 0 aromatic heterocycles. The summed E-state index contributed by atoms with van der Waals surface area (Å²) in [6, 6.07) is 12.5. The third kappa shape index (κ3) is 5.77. The number of methoxy groups -OCH3 is 1. The Bertz CT molecular complexity index is 881. The highest BCUT2D eigenvalue weighted by Gasteiger charge is 2.18. The zero-order chi connectivity index (χ0) is 21.3. The quantitative estimate of drug-likeness (QED) is 0.353. The molecule has 0 radical (unpaired) electrons. The van der Waals surface area contributed by atoms with Crippen LogP contribution in [0.15, 0.2) is 42.5 Å². The summed E-state index contributed by atoms with van der Waals surface area (Å²) in [6.45, 7) is 4.33. The fraction of sp³-hybridized carbons (Fsp3) is 0.409. The molecule has 0 aliphatic carbocycles. The summed E-state index contributed by atoms with van der Waals surface area (Å²) < 4.78 is 4.95. The Balaban J connectivity index is 1.66. The molecular formula is C22H28N4O4. The summed E-state index contributed by atoms with van der Waals surface area (Å²) in [7, 11) is 1.56. The van der Waals surface area contributed by atoms with E-state index in [0.717, 1.165) is 25.2 Å². The van der Waals surface area contributed by atoms with Crippen LogP contribution in [0.4, 0.5) is 11.4 Å². The Morgan fingerprint density at radius 3 is 2.60 bits per heavy atom. The number of likely N-dealkylation sites (tertiary alicyclic amines) is 1. The standard InChI is InChI=1S/C22H28N4O4/c1-30-13-10-23-20-9-8-17(14-21(20)26(28)29)22(27)24-15-18-6-2-3-7-19(18)16-25-11-4-5-12-25/h2-3,6-9,14,23H,4-5,10-13,15-16H2,1H3,(H,24,27). The van der Waals surface area contributed by atoms with Crippen LogP contribution in [0.1, 0.15) is 34.3 Å². The number of rotatable bonds is 10. The molecule has 8 heteroatoms. The van der Waals surface area contributed by atoms with Crippen LogP contribution in [0.5, 0.6) is 0 Å². The van der Waals surface area contributed by atoms with Crippen molar-refractivity contribution < 1.29 is 14.5 Å². The van der Waals surface area contributed by atoms with Gasteiger partial charge in [0.2, 0.25) is 0 Å². The van der Waals surface area contributed by atoms with Crippen molar-refractivity contribution in [1.82, 2.24) is 10.2 Å². The molecule has 0 spiro atoms. The molecule has 1 heterocycles. The number of ether oxygens (including phenoxy) is 1. The summed E-state index contributed by atoms with van der Waals surface area (Å²) in [4.78, 5) is 26.0. The van der Waals surface area contributed by atoms with Crippen LogP contribution in [0.3, 0.4) is 0 Å². The molecule has 1 aliphatic heterocycles. The van der Waals surface area contributed by atoms with E-state index in [0.29, 0.717) is 25.4 Å². The molecule has 3 rings (SSSR count). The molecule has 2 aromatic rings. The Morgan fingerprint density at radius 2 is 1.90 bits per heavy atom. The summed E-state index contributed by atoms with van der Waals surface area (Å²) in [5, 5.41) is 17.3. The van der Waals surface area contributed by atoms with Crippen molar-refractivity contribution in [3.05, 3.63) is 69.3 Å². The van der Waals surface area contributed by atoms with Crippen LogP contribution < -0.4 is 10.6 Å². The number of anilines is 1. The van der Waals surface area contributed by atoms with Gasteiger partial charge in [0.25, 0.3) is 11.6 Å². The first-order chi connectivity index (χ1) is 14.6. The van der Waals surface area contributed by atoms with E-state index in [1.807, 2.05) is 18.2 Å². The van der Waals surface area contributed by atoms with Crippen LogP contribution in [-0.4, -0.2) is 49.1 Å². The third-order valence-electron chi connectivity index (χ3n) is 5.23. The van der Waals surface area contributed by atoms with E-state index in [2.05, 4.69) is 21.6 Å². The van der Waals surface area contributed by atoms with Crippen molar-refractivity contribution in [3.8, 4) is 0 Å². The monoisotopic (exact) mass is 412 g/mol. The van der Waals surface area contributed by atoms with Crippen LogP contribution in [0, 0.1) is 10.1 Å². The highest BCUT2D eigenvalue weighted by atomic mass is 16.6. The first-order valence-corrected chi connectivity index (χ1v) is 10.2. The van der Waals surface area contributed by atoms with Crippen molar-refractivity contribution in [2.45, 2.75) is 25.9 Å². The minimum atomic E-state index is -0.489. The molecule has 160 valence electrons. The molecular weight excluding hydrogens is 384 g/mol. The van der Waals surface area contributed by atoms with E-state index < -0.39 is 4.92 Å². The van der Waals surface area contributed by atoms with E-state index in [9.17, 15) is 14.9 Å². The Labute approximate surface area is 176 Å². The first kappa shape index (κ1) is 21.7. The van der Waals surface area contributed by atoms with Gasteiger partial charge in [-0.25, -0.2) is 0 Å². The highest BCUT2D eigenvalue weighted by Crippen LogP contribution is 2.25. The van der Waals surface area contributed by atoms with Gasteiger partial charge >= 0.3 is 0 Å². The fourth-order valence-corrected chi connectivity index (χ4v) is 3.60. The Kier molecular flexibility index (Phi) is 7.75. The highest BCUT2D eigenvalue weighted by molar-refractivity contribution is 5.95. The number of hydrogen-bond donors (Lipinski definition) is 2. The lowest BCUT2D eigenvalue weighted by atomic mass is 10.1. The van der Waals surface area contributed by atoms with Crippen molar-refractivity contribution in [3.63, 3.8) is 0 Å². The lowest BCUT2D eigenvalue weighted by molar-refractivity contribution is -0.384. The van der Waals surface area contributed by atoms with Crippen molar-refractivity contribution >= 4 is 17.3 Å². The van der Waals surface area contributed by atoms with E-state index in [1.165, 1.54) is 24.5 Å². The van der Waals surface area contributed by atoms with Crippen LogP contribution in [0.25, 0.3) is 0 Å². The molecule has 1 amide bonds. The normalized spacial score (nSPS) is 13.9. The van der Waals surface area contributed by atoms with E-state index >= 15 is 0 Å². The smallest absolute Gasteiger partial charge is 0.293 e. The SMILES string of the molecule is COCCNc1ccc(C(=O)NCc2ccccc2CN2CCCC2)cc1[N+](=O)[O-]. The zero-order valence-electron chi connectivity index (χ0n) is 17.2. The lowest BCUT2D eigenvalue weighted by Crippen LogP contribution is -2.25. The second-order valence-corrected chi connectivity index (χ2v) is 7.34. The van der Waals surface area contributed by atoms with E-state index in [4.69, 9.17) is 4.74 Å². The van der Waals surface area contributed by atoms with Gasteiger partial charge in [0, 0.05) is 38.4 Å². The molecule has 0 atom stereocenters. The third-order valence-corrected chi connectivity index (χ3v) is 5.23. The van der Waals surface area contributed by atoms with Gasteiger partial charge in [-0.05, 0) is 49.2 Å². The fourth-order valence-electron chi connectivity index (χ4n) is 3.60. The summed E-state index contributed by atoms with van der Waals surface area (Å²) in [5.41, 5.74) is 2.75. The van der Waals surface area contributed by atoms with Crippen molar-refractivity contribution in [2.75, 3.05) is 38.7 Å².